The first kappa shape index (κ1) is 14.0. The zero-order valence-electron chi connectivity index (χ0n) is 12.0. The summed E-state index contributed by atoms with van der Waals surface area (Å²) in [5.74, 6) is 1.17. The van der Waals surface area contributed by atoms with Crippen molar-refractivity contribution in [3.05, 3.63) is 54.9 Å². The highest BCUT2D eigenvalue weighted by atomic mass is 16.6. The predicted molar refractivity (Wildman–Crippen MR) is 82.0 cm³/mol. The largest absolute Gasteiger partial charge is 0.453 e. The number of hydrogen-bond donors (Lipinski definition) is 0. The smallest absolute Gasteiger partial charge is 0.311 e. The highest BCUT2D eigenvalue weighted by Gasteiger charge is 2.11. The molecule has 0 amide bonds. The number of ether oxygens (including phenoxy) is 2. The molecule has 2 heterocycles. The summed E-state index contributed by atoms with van der Waals surface area (Å²) >= 11 is 0. The third-order valence-corrected chi connectivity index (χ3v) is 3.06. The van der Waals surface area contributed by atoms with E-state index >= 15 is 0 Å². The van der Waals surface area contributed by atoms with Gasteiger partial charge < -0.3 is 9.47 Å². The summed E-state index contributed by atoms with van der Waals surface area (Å²) in [6, 6.07) is 12.5. The van der Waals surface area contributed by atoms with Gasteiger partial charge in [-0.25, -0.2) is 9.97 Å². The van der Waals surface area contributed by atoms with Gasteiger partial charge in [-0.1, -0.05) is 19.1 Å². The van der Waals surface area contributed by atoms with Gasteiger partial charge in [-0.05, 0) is 30.3 Å². The highest BCUT2D eigenvalue weighted by Crippen LogP contribution is 2.34. The minimum Gasteiger partial charge on any atom is -0.453 e. The predicted octanol–water partition coefficient (Wildman–Crippen LogP) is 3.74. The second kappa shape index (κ2) is 6.22. The van der Waals surface area contributed by atoms with Crippen LogP contribution < -0.4 is 9.47 Å². The maximum absolute atomic E-state index is 11.5. The molecule has 0 aliphatic rings. The van der Waals surface area contributed by atoms with Gasteiger partial charge >= 0.3 is 5.97 Å². The Bertz CT molecular complexity index is 812. The minimum absolute atomic E-state index is 0.302. The molecule has 3 rings (SSSR count). The standard InChI is InChI=1S/C17H14N2O3/c1-2-16(20)22-15-8-4-3-7-14(15)21-13-9-11-19-17-12(13)6-5-10-18-17/h3-11H,2H2,1H3. The van der Waals surface area contributed by atoms with Crippen LogP contribution in [0.2, 0.25) is 0 Å². The van der Waals surface area contributed by atoms with Crippen LogP contribution in [0, 0.1) is 0 Å². The molecule has 0 aliphatic carbocycles. The molecule has 0 spiro atoms. The fourth-order valence-corrected chi connectivity index (χ4v) is 1.98. The number of hydrogen-bond acceptors (Lipinski definition) is 5. The third-order valence-electron chi connectivity index (χ3n) is 3.06. The summed E-state index contributed by atoms with van der Waals surface area (Å²) in [5, 5.41) is 0.793. The van der Waals surface area contributed by atoms with Gasteiger partial charge in [0.05, 0.1) is 5.39 Å². The van der Waals surface area contributed by atoms with Crippen LogP contribution in [-0.2, 0) is 4.79 Å². The number of rotatable bonds is 4. The molecule has 0 unspecified atom stereocenters. The molecule has 110 valence electrons. The fourth-order valence-electron chi connectivity index (χ4n) is 1.98. The van der Waals surface area contributed by atoms with Crippen molar-refractivity contribution in [3.8, 4) is 17.2 Å². The van der Waals surface area contributed by atoms with Gasteiger partial charge in [0.15, 0.2) is 17.1 Å². The van der Waals surface area contributed by atoms with Crippen LogP contribution in [0.5, 0.6) is 17.2 Å². The van der Waals surface area contributed by atoms with Gasteiger partial charge in [-0.3, -0.25) is 4.79 Å². The normalized spacial score (nSPS) is 10.4. The average Bonchev–Trinajstić information content (AvgIpc) is 2.57. The molecule has 5 nitrogen and oxygen atoms in total. The zero-order chi connectivity index (χ0) is 15.4. The second-order valence-corrected chi connectivity index (χ2v) is 4.56. The molecule has 0 atom stereocenters. The fraction of sp³-hybridized carbons (Fsp3) is 0.118. The molecule has 5 heteroatoms. The van der Waals surface area contributed by atoms with Crippen LogP contribution in [0.1, 0.15) is 13.3 Å². The molecule has 0 radical (unpaired) electrons. The van der Waals surface area contributed by atoms with E-state index in [-0.39, 0.29) is 5.97 Å². The van der Waals surface area contributed by atoms with Crippen LogP contribution in [0.3, 0.4) is 0 Å². The number of carbonyl (C=O) groups is 1. The van der Waals surface area contributed by atoms with E-state index in [2.05, 4.69) is 9.97 Å². The van der Waals surface area contributed by atoms with Crippen molar-refractivity contribution in [1.82, 2.24) is 9.97 Å². The summed E-state index contributed by atoms with van der Waals surface area (Å²) < 4.78 is 11.2. The second-order valence-electron chi connectivity index (χ2n) is 4.56. The SMILES string of the molecule is CCC(=O)Oc1ccccc1Oc1ccnc2ncccc12. The summed E-state index contributed by atoms with van der Waals surface area (Å²) in [5.41, 5.74) is 0.600. The van der Waals surface area contributed by atoms with E-state index in [1.807, 2.05) is 18.2 Å². The topological polar surface area (TPSA) is 61.3 Å². The highest BCUT2D eigenvalue weighted by molar-refractivity contribution is 5.82. The summed E-state index contributed by atoms with van der Waals surface area (Å²) in [6.07, 6.45) is 3.61. The molecule has 0 aliphatic heterocycles. The quantitative estimate of drug-likeness (QED) is 0.542. The summed E-state index contributed by atoms with van der Waals surface area (Å²) in [7, 11) is 0. The molecule has 0 N–H and O–H groups in total. The van der Waals surface area contributed by atoms with E-state index in [0.717, 1.165) is 5.39 Å². The molecule has 0 saturated heterocycles. The Balaban J connectivity index is 1.97. The van der Waals surface area contributed by atoms with Crippen molar-refractivity contribution < 1.29 is 14.3 Å². The van der Waals surface area contributed by atoms with E-state index < -0.39 is 0 Å². The number of nitrogens with zero attached hydrogens (tertiary/aromatic N) is 2. The summed E-state index contributed by atoms with van der Waals surface area (Å²) in [4.78, 5) is 19.9. The van der Waals surface area contributed by atoms with E-state index in [0.29, 0.717) is 29.3 Å². The Morgan fingerprint density at radius 2 is 1.73 bits per heavy atom. The number of benzene rings is 1. The van der Waals surface area contributed by atoms with E-state index in [9.17, 15) is 4.79 Å². The van der Waals surface area contributed by atoms with Crippen molar-refractivity contribution in [2.24, 2.45) is 0 Å². The Labute approximate surface area is 127 Å². The molecular formula is C17H14N2O3. The van der Waals surface area contributed by atoms with Gasteiger partial charge in [-0.2, -0.15) is 0 Å². The van der Waals surface area contributed by atoms with Crippen LogP contribution >= 0.6 is 0 Å². The van der Waals surface area contributed by atoms with Gasteiger partial charge in [-0.15, -0.1) is 0 Å². The Morgan fingerprint density at radius 1 is 0.955 bits per heavy atom. The number of para-hydroxylation sites is 2. The van der Waals surface area contributed by atoms with Gasteiger partial charge in [0.1, 0.15) is 5.75 Å². The Kier molecular flexibility index (Phi) is 3.96. The number of pyridine rings is 2. The van der Waals surface area contributed by atoms with Gasteiger partial charge in [0, 0.05) is 18.8 Å². The number of aromatic nitrogens is 2. The van der Waals surface area contributed by atoms with Crippen molar-refractivity contribution in [3.63, 3.8) is 0 Å². The number of esters is 1. The first-order chi connectivity index (χ1) is 10.8. The Hall–Kier alpha value is -2.95. The van der Waals surface area contributed by atoms with Crippen LogP contribution in [0.25, 0.3) is 11.0 Å². The molecule has 22 heavy (non-hydrogen) atoms. The van der Waals surface area contributed by atoms with Crippen molar-refractivity contribution in [2.45, 2.75) is 13.3 Å². The number of fused-ring (bicyclic) bond motifs is 1. The lowest BCUT2D eigenvalue weighted by Gasteiger charge is -2.12. The first-order valence-electron chi connectivity index (χ1n) is 6.95. The van der Waals surface area contributed by atoms with Gasteiger partial charge in [0.2, 0.25) is 0 Å². The van der Waals surface area contributed by atoms with Crippen LogP contribution in [0.15, 0.2) is 54.9 Å². The maximum atomic E-state index is 11.5. The van der Waals surface area contributed by atoms with Crippen molar-refractivity contribution >= 4 is 17.0 Å². The zero-order valence-corrected chi connectivity index (χ0v) is 12.0. The van der Waals surface area contributed by atoms with E-state index in [1.165, 1.54) is 0 Å². The van der Waals surface area contributed by atoms with Crippen molar-refractivity contribution in [1.29, 1.82) is 0 Å². The molecule has 0 bridgehead atoms. The first-order valence-corrected chi connectivity index (χ1v) is 6.95. The Morgan fingerprint density at radius 3 is 2.55 bits per heavy atom. The van der Waals surface area contributed by atoms with E-state index in [4.69, 9.17) is 9.47 Å². The third kappa shape index (κ3) is 2.88. The summed E-state index contributed by atoms with van der Waals surface area (Å²) in [6.45, 7) is 1.74. The van der Waals surface area contributed by atoms with Crippen LogP contribution in [0.4, 0.5) is 0 Å². The maximum Gasteiger partial charge on any atom is 0.311 e. The lowest BCUT2D eigenvalue weighted by atomic mass is 10.2. The molecule has 0 saturated carbocycles. The lowest BCUT2D eigenvalue weighted by Crippen LogP contribution is -2.06. The molecule has 0 fully saturated rings. The van der Waals surface area contributed by atoms with Crippen LogP contribution in [-0.4, -0.2) is 15.9 Å². The number of carbonyl (C=O) groups excluding carboxylic acids is 1. The lowest BCUT2D eigenvalue weighted by molar-refractivity contribution is -0.134. The molecule has 3 aromatic rings. The molecular weight excluding hydrogens is 280 g/mol. The molecule has 1 aromatic carbocycles. The minimum atomic E-state index is -0.308. The molecule has 2 aromatic heterocycles. The van der Waals surface area contributed by atoms with Crippen molar-refractivity contribution in [2.75, 3.05) is 0 Å². The van der Waals surface area contributed by atoms with E-state index in [1.54, 1.807) is 43.6 Å². The van der Waals surface area contributed by atoms with Gasteiger partial charge in [0.25, 0.3) is 0 Å². The monoisotopic (exact) mass is 294 g/mol. The average molecular weight is 294 g/mol.